The number of halogens is 1. The largest absolute Gasteiger partial charge is 0.472 e. The number of anilines is 1. The summed E-state index contributed by atoms with van der Waals surface area (Å²) in [5.74, 6) is -0.481. The Hall–Kier alpha value is -2.51. The lowest BCUT2D eigenvalue weighted by Crippen LogP contribution is -2.13. The molecule has 0 saturated heterocycles. The van der Waals surface area contributed by atoms with Gasteiger partial charge in [-0.25, -0.2) is 0 Å². The zero-order chi connectivity index (χ0) is 13.7. The summed E-state index contributed by atoms with van der Waals surface area (Å²) in [5.41, 5.74) is 1.22. The number of rotatable bonds is 3. The first-order chi connectivity index (χ1) is 9.19. The zero-order valence-corrected chi connectivity index (χ0v) is 10.5. The van der Waals surface area contributed by atoms with Crippen LogP contribution in [0, 0.1) is 11.3 Å². The first-order valence-electron chi connectivity index (χ1n) is 5.40. The highest BCUT2D eigenvalue weighted by molar-refractivity contribution is 6.30. The molecule has 1 amide bonds. The van der Waals surface area contributed by atoms with Gasteiger partial charge in [0.1, 0.15) is 11.6 Å². The molecule has 94 valence electrons. The molecule has 1 heterocycles. The summed E-state index contributed by atoms with van der Waals surface area (Å²) in [6.07, 6.45) is 4.37. The van der Waals surface area contributed by atoms with Crippen molar-refractivity contribution in [3.63, 3.8) is 0 Å². The zero-order valence-electron chi connectivity index (χ0n) is 9.76. The van der Waals surface area contributed by atoms with Gasteiger partial charge in [-0.3, -0.25) is 4.79 Å². The molecule has 0 unspecified atom stereocenters. The van der Waals surface area contributed by atoms with Crippen molar-refractivity contribution in [3.05, 3.63) is 59.0 Å². The number of hydrogen-bond acceptors (Lipinski definition) is 3. The van der Waals surface area contributed by atoms with Gasteiger partial charge < -0.3 is 9.73 Å². The van der Waals surface area contributed by atoms with E-state index >= 15 is 0 Å². The number of furan rings is 1. The van der Waals surface area contributed by atoms with Crippen molar-refractivity contribution in [3.8, 4) is 6.07 Å². The van der Waals surface area contributed by atoms with E-state index in [0.29, 0.717) is 16.3 Å². The summed E-state index contributed by atoms with van der Waals surface area (Å²) < 4.78 is 4.87. The Bertz CT molecular complexity index is 637. The van der Waals surface area contributed by atoms with Crippen LogP contribution < -0.4 is 5.32 Å². The molecule has 5 heteroatoms. The number of nitrogens with one attached hydrogen (secondary N) is 1. The molecule has 2 rings (SSSR count). The highest BCUT2D eigenvalue weighted by atomic mass is 35.5. The molecular formula is C14H9ClN2O2. The van der Waals surface area contributed by atoms with Gasteiger partial charge in [0, 0.05) is 16.3 Å². The molecule has 1 aromatic carbocycles. The fraction of sp³-hybridized carbons (Fsp3) is 0. The summed E-state index contributed by atoms with van der Waals surface area (Å²) >= 11 is 5.75. The molecule has 0 aliphatic heterocycles. The molecule has 1 aromatic heterocycles. The van der Waals surface area contributed by atoms with Crippen molar-refractivity contribution >= 4 is 29.3 Å². The lowest BCUT2D eigenvalue weighted by molar-refractivity contribution is -0.112. The van der Waals surface area contributed by atoms with Crippen LogP contribution in [0.1, 0.15) is 5.56 Å². The number of hydrogen-bond donors (Lipinski definition) is 1. The maximum absolute atomic E-state index is 11.9. The Morgan fingerprint density at radius 3 is 2.63 bits per heavy atom. The summed E-state index contributed by atoms with van der Waals surface area (Å²) in [6.45, 7) is 0. The molecule has 0 radical (unpaired) electrons. The standard InChI is InChI=1S/C14H9ClN2O2/c15-12-1-3-13(4-2-12)17-14(18)11(8-16)7-10-5-6-19-9-10/h1-7,9H,(H,17,18)/b11-7-. The first-order valence-corrected chi connectivity index (χ1v) is 5.78. The van der Waals surface area contributed by atoms with Gasteiger partial charge in [0.05, 0.1) is 12.5 Å². The van der Waals surface area contributed by atoms with Crippen LogP contribution in [-0.2, 0) is 4.79 Å². The third-order valence-corrected chi connectivity index (χ3v) is 2.57. The van der Waals surface area contributed by atoms with Crippen LogP contribution in [0.25, 0.3) is 6.08 Å². The van der Waals surface area contributed by atoms with Crippen LogP contribution in [0.4, 0.5) is 5.69 Å². The van der Waals surface area contributed by atoms with Gasteiger partial charge in [0.25, 0.3) is 5.91 Å². The van der Waals surface area contributed by atoms with E-state index in [4.69, 9.17) is 21.3 Å². The first kappa shape index (κ1) is 12.9. The van der Waals surface area contributed by atoms with Crippen molar-refractivity contribution in [1.29, 1.82) is 5.26 Å². The number of carbonyl (C=O) groups excluding carboxylic acids is 1. The monoisotopic (exact) mass is 272 g/mol. The van der Waals surface area contributed by atoms with Gasteiger partial charge in [-0.2, -0.15) is 5.26 Å². The normalized spacial score (nSPS) is 10.8. The number of nitrogens with zero attached hydrogens (tertiary/aromatic N) is 1. The minimum absolute atomic E-state index is 0.00338. The Morgan fingerprint density at radius 2 is 2.05 bits per heavy atom. The third-order valence-electron chi connectivity index (χ3n) is 2.32. The quantitative estimate of drug-likeness (QED) is 0.687. The number of carbonyl (C=O) groups is 1. The molecule has 19 heavy (non-hydrogen) atoms. The molecule has 2 aromatic rings. The summed E-state index contributed by atoms with van der Waals surface area (Å²) in [6, 6.07) is 10.1. The van der Waals surface area contributed by atoms with Crippen molar-refractivity contribution in [2.24, 2.45) is 0 Å². The second-order valence-electron chi connectivity index (χ2n) is 3.69. The Labute approximate surface area is 114 Å². The van der Waals surface area contributed by atoms with Gasteiger partial charge in [-0.05, 0) is 36.4 Å². The highest BCUT2D eigenvalue weighted by Crippen LogP contribution is 2.15. The van der Waals surface area contributed by atoms with E-state index in [1.54, 1.807) is 30.3 Å². The number of benzene rings is 1. The molecule has 0 atom stereocenters. The minimum atomic E-state index is -0.481. The lowest BCUT2D eigenvalue weighted by Gasteiger charge is -2.03. The molecular weight excluding hydrogens is 264 g/mol. The van der Waals surface area contributed by atoms with E-state index in [9.17, 15) is 4.79 Å². The van der Waals surface area contributed by atoms with E-state index in [-0.39, 0.29) is 5.57 Å². The topological polar surface area (TPSA) is 66.0 Å². The smallest absolute Gasteiger partial charge is 0.266 e. The van der Waals surface area contributed by atoms with Crippen LogP contribution in [0.5, 0.6) is 0 Å². The summed E-state index contributed by atoms with van der Waals surface area (Å²) in [7, 11) is 0. The number of amides is 1. The van der Waals surface area contributed by atoms with Gasteiger partial charge in [-0.1, -0.05) is 11.6 Å². The maximum Gasteiger partial charge on any atom is 0.266 e. The van der Waals surface area contributed by atoms with E-state index in [1.165, 1.54) is 18.6 Å². The van der Waals surface area contributed by atoms with Crippen molar-refractivity contribution in [1.82, 2.24) is 0 Å². The maximum atomic E-state index is 11.9. The van der Waals surface area contributed by atoms with Gasteiger partial charge in [0.15, 0.2) is 0 Å². The van der Waals surface area contributed by atoms with Crippen LogP contribution in [-0.4, -0.2) is 5.91 Å². The fourth-order valence-electron chi connectivity index (χ4n) is 1.40. The minimum Gasteiger partial charge on any atom is -0.472 e. The Morgan fingerprint density at radius 1 is 1.32 bits per heavy atom. The second-order valence-corrected chi connectivity index (χ2v) is 4.12. The number of nitriles is 1. The molecule has 0 spiro atoms. The van der Waals surface area contributed by atoms with E-state index in [0.717, 1.165) is 0 Å². The highest BCUT2D eigenvalue weighted by Gasteiger charge is 2.09. The van der Waals surface area contributed by atoms with Crippen LogP contribution in [0.15, 0.2) is 52.8 Å². The summed E-state index contributed by atoms with van der Waals surface area (Å²) in [5, 5.41) is 12.2. The molecule has 0 saturated carbocycles. The van der Waals surface area contributed by atoms with Crippen molar-refractivity contribution < 1.29 is 9.21 Å². The van der Waals surface area contributed by atoms with E-state index in [1.807, 2.05) is 6.07 Å². The third kappa shape index (κ3) is 3.47. The molecule has 1 N–H and O–H groups in total. The predicted octanol–water partition coefficient (Wildman–Crippen LogP) is 3.48. The molecule has 0 aliphatic carbocycles. The van der Waals surface area contributed by atoms with Crippen LogP contribution >= 0.6 is 11.6 Å². The molecule has 0 aliphatic rings. The lowest BCUT2D eigenvalue weighted by atomic mass is 10.2. The SMILES string of the molecule is N#C/C(=C/c1ccoc1)C(=O)Nc1ccc(Cl)cc1. The van der Waals surface area contributed by atoms with Crippen LogP contribution in [0.3, 0.4) is 0 Å². The average molecular weight is 273 g/mol. The van der Waals surface area contributed by atoms with Gasteiger partial charge in [-0.15, -0.1) is 0 Å². The van der Waals surface area contributed by atoms with E-state index < -0.39 is 5.91 Å². The second kappa shape index (κ2) is 5.89. The average Bonchev–Trinajstić information content (AvgIpc) is 2.91. The molecule has 4 nitrogen and oxygen atoms in total. The fourth-order valence-corrected chi connectivity index (χ4v) is 1.53. The Kier molecular flexibility index (Phi) is 4.01. The predicted molar refractivity (Wildman–Crippen MR) is 72.4 cm³/mol. The van der Waals surface area contributed by atoms with E-state index in [2.05, 4.69) is 5.32 Å². The molecule has 0 fully saturated rings. The van der Waals surface area contributed by atoms with Crippen LogP contribution in [0.2, 0.25) is 5.02 Å². The Balaban J connectivity index is 2.14. The molecule has 0 bridgehead atoms. The van der Waals surface area contributed by atoms with Gasteiger partial charge >= 0.3 is 0 Å². The van der Waals surface area contributed by atoms with Crippen molar-refractivity contribution in [2.45, 2.75) is 0 Å². The van der Waals surface area contributed by atoms with Crippen molar-refractivity contribution in [2.75, 3.05) is 5.32 Å². The van der Waals surface area contributed by atoms with Gasteiger partial charge in [0.2, 0.25) is 0 Å². The summed E-state index contributed by atoms with van der Waals surface area (Å²) in [4.78, 5) is 11.9.